The molecule has 1 N–H and O–H groups in total. The fourth-order valence-corrected chi connectivity index (χ4v) is 4.12. The Hall–Kier alpha value is -2.40. The van der Waals surface area contributed by atoms with Crippen molar-refractivity contribution in [2.45, 2.75) is 57.7 Å². The van der Waals surface area contributed by atoms with Gasteiger partial charge >= 0.3 is 0 Å². The molecule has 0 aliphatic heterocycles. The molecule has 1 aliphatic rings. The summed E-state index contributed by atoms with van der Waals surface area (Å²) in [4.78, 5) is 27.5. The highest BCUT2D eigenvalue weighted by Crippen LogP contribution is 2.28. The topological polar surface area (TPSA) is 49.4 Å². The highest BCUT2D eigenvalue weighted by molar-refractivity contribution is 6.27. The maximum atomic E-state index is 14.7. The molecule has 0 spiro atoms. The van der Waals surface area contributed by atoms with Gasteiger partial charge in [0.2, 0.25) is 11.8 Å². The summed E-state index contributed by atoms with van der Waals surface area (Å²) in [6.45, 7) is 2.15. The van der Waals surface area contributed by atoms with E-state index >= 15 is 0 Å². The zero-order chi connectivity index (χ0) is 21.5. The molecule has 160 valence electrons. The molecule has 1 atom stereocenters. The Labute approximate surface area is 182 Å². The number of hydrogen-bond acceptors (Lipinski definition) is 2. The minimum Gasteiger partial charge on any atom is -0.351 e. The Morgan fingerprint density at radius 2 is 1.77 bits per heavy atom. The standard InChI is InChI=1S/C24H28ClFN2O2/c1-17-11-13-18(14-12-17)16-28(22(29)15-25)23(20-9-5-6-10-21(20)26)24(30)27-19-7-3-2-4-8-19/h5-6,9-14,19,23H,2-4,7-8,15-16H2,1H3,(H,27,30). The van der Waals surface area contributed by atoms with Gasteiger partial charge in [0, 0.05) is 18.2 Å². The maximum absolute atomic E-state index is 14.7. The normalized spacial score (nSPS) is 15.4. The van der Waals surface area contributed by atoms with Gasteiger partial charge in [0.15, 0.2) is 0 Å². The maximum Gasteiger partial charge on any atom is 0.247 e. The first kappa shape index (κ1) is 22.3. The Bertz CT molecular complexity index is 866. The van der Waals surface area contributed by atoms with Gasteiger partial charge in [-0.3, -0.25) is 9.59 Å². The summed E-state index contributed by atoms with van der Waals surface area (Å²) in [6.07, 6.45) is 5.08. The summed E-state index contributed by atoms with van der Waals surface area (Å²) >= 11 is 5.89. The van der Waals surface area contributed by atoms with Gasteiger partial charge in [-0.15, -0.1) is 11.6 Å². The first-order valence-corrected chi connectivity index (χ1v) is 11.0. The van der Waals surface area contributed by atoms with Crippen LogP contribution < -0.4 is 5.32 Å². The lowest BCUT2D eigenvalue weighted by Gasteiger charge is -2.33. The Balaban J connectivity index is 1.95. The molecule has 1 aliphatic carbocycles. The molecule has 4 nitrogen and oxygen atoms in total. The Kier molecular flexibility index (Phi) is 7.86. The summed E-state index contributed by atoms with van der Waals surface area (Å²) in [7, 11) is 0. The number of nitrogens with one attached hydrogen (secondary N) is 1. The van der Waals surface area contributed by atoms with Crippen LogP contribution in [0.2, 0.25) is 0 Å². The van der Waals surface area contributed by atoms with E-state index in [-0.39, 0.29) is 29.9 Å². The molecule has 2 aromatic rings. The van der Waals surface area contributed by atoms with E-state index in [4.69, 9.17) is 11.6 Å². The second kappa shape index (κ2) is 10.6. The molecular formula is C24H28ClFN2O2. The number of benzene rings is 2. The van der Waals surface area contributed by atoms with E-state index in [1.807, 2.05) is 31.2 Å². The summed E-state index contributed by atoms with van der Waals surface area (Å²) in [5.41, 5.74) is 2.12. The molecule has 6 heteroatoms. The first-order chi connectivity index (χ1) is 14.5. The van der Waals surface area contributed by atoms with Crippen LogP contribution in [0.25, 0.3) is 0 Å². The van der Waals surface area contributed by atoms with Crippen LogP contribution in [0.4, 0.5) is 4.39 Å². The van der Waals surface area contributed by atoms with Crippen LogP contribution in [0.15, 0.2) is 48.5 Å². The second-order valence-electron chi connectivity index (χ2n) is 7.91. The van der Waals surface area contributed by atoms with Crippen molar-refractivity contribution < 1.29 is 14.0 Å². The number of hydrogen-bond donors (Lipinski definition) is 1. The molecule has 0 aromatic heterocycles. The fraction of sp³-hybridized carbons (Fsp3) is 0.417. The van der Waals surface area contributed by atoms with Crippen molar-refractivity contribution in [3.63, 3.8) is 0 Å². The molecule has 2 amide bonds. The third-order valence-corrected chi connectivity index (χ3v) is 5.85. The molecule has 1 saturated carbocycles. The lowest BCUT2D eigenvalue weighted by atomic mass is 9.94. The fourth-order valence-electron chi connectivity index (χ4n) is 3.96. The molecule has 30 heavy (non-hydrogen) atoms. The molecule has 0 radical (unpaired) electrons. The van der Waals surface area contributed by atoms with Crippen molar-refractivity contribution in [2.75, 3.05) is 5.88 Å². The number of rotatable bonds is 7. The van der Waals surface area contributed by atoms with Crippen LogP contribution in [0.5, 0.6) is 0 Å². The minimum absolute atomic E-state index is 0.0489. The van der Waals surface area contributed by atoms with Crippen LogP contribution in [0, 0.1) is 12.7 Å². The quantitative estimate of drug-likeness (QED) is 0.635. The molecule has 2 aromatic carbocycles. The monoisotopic (exact) mass is 430 g/mol. The van der Waals surface area contributed by atoms with Crippen LogP contribution in [-0.2, 0) is 16.1 Å². The molecule has 1 fully saturated rings. The van der Waals surface area contributed by atoms with Crippen molar-refractivity contribution in [1.82, 2.24) is 10.2 Å². The number of alkyl halides is 1. The Morgan fingerprint density at radius 3 is 2.40 bits per heavy atom. The largest absolute Gasteiger partial charge is 0.351 e. The van der Waals surface area contributed by atoms with Gasteiger partial charge in [-0.1, -0.05) is 67.3 Å². The van der Waals surface area contributed by atoms with Gasteiger partial charge in [0.05, 0.1) is 0 Å². The van der Waals surface area contributed by atoms with Gasteiger partial charge in [-0.05, 0) is 31.4 Å². The summed E-state index contributed by atoms with van der Waals surface area (Å²) in [5, 5.41) is 3.06. The van der Waals surface area contributed by atoms with Gasteiger partial charge in [-0.25, -0.2) is 4.39 Å². The third kappa shape index (κ3) is 5.60. The van der Waals surface area contributed by atoms with Crippen molar-refractivity contribution in [3.05, 3.63) is 71.0 Å². The molecule has 1 unspecified atom stereocenters. The average molecular weight is 431 g/mol. The van der Waals surface area contributed by atoms with Crippen LogP contribution in [-0.4, -0.2) is 28.6 Å². The highest BCUT2D eigenvalue weighted by atomic mass is 35.5. The molecular weight excluding hydrogens is 403 g/mol. The summed E-state index contributed by atoms with van der Waals surface area (Å²) in [6, 6.07) is 12.8. The summed E-state index contributed by atoms with van der Waals surface area (Å²) < 4.78 is 14.7. The van der Waals surface area contributed by atoms with E-state index in [0.29, 0.717) is 0 Å². The van der Waals surface area contributed by atoms with Crippen molar-refractivity contribution in [2.24, 2.45) is 0 Å². The van der Waals surface area contributed by atoms with Crippen molar-refractivity contribution >= 4 is 23.4 Å². The molecule has 0 bridgehead atoms. The van der Waals surface area contributed by atoms with Gasteiger partial charge in [0.25, 0.3) is 0 Å². The van der Waals surface area contributed by atoms with E-state index in [2.05, 4.69) is 5.32 Å². The Morgan fingerprint density at radius 1 is 1.10 bits per heavy atom. The smallest absolute Gasteiger partial charge is 0.247 e. The van der Waals surface area contributed by atoms with E-state index in [9.17, 15) is 14.0 Å². The summed E-state index contributed by atoms with van der Waals surface area (Å²) in [5.74, 6) is -1.58. The predicted molar refractivity (Wildman–Crippen MR) is 117 cm³/mol. The predicted octanol–water partition coefficient (Wildman–Crippen LogP) is 4.89. The number of carbonyl (C=O) groups is 2. The van der Waals surface area contributed by atoms with E-state index in [1.165, 1.54) is 11.0 Å². The molecule has 0 saturated heterocycles. The molecule has 0 heterocycles. The van der Waals surface area contributed by atoms with Crippen molar-refractivity contribution in [3.8, 4) is 0 Å². The lowest BCUT2D eigenvalue weighted by Crippen LogP contribution is -2.47. The zero-order valence-corrected chi connectivity index (χ0v) is 18.0. The number of aryl methyl sites for hydroxylation is 1. The highest BCUT2D eigenvalue weighted by Gasteiger charge is 2.34. The van der Waals surface area contributed by atoms with Gasteiger partial charge < -0.3 is 10.2 Å². The number of halogens is 2. The lowest BCUT2D eigenvalue weighted by molar-refractivity contribution is -0.140. The number of carbonyl (C=O) groups excluding carboxylic acids is 2. The van der Waals surface area contributed by atoms with Crippen molar-refractivity contribution in [1.29, 1.82) is 0 Å². The van der Waals surface area contributed by atoms with E-state index in [1.54, 1.807) is 18.2 Å². The third-order valence-electron chi connectivity index (χ3n) is 5.62. The van der Waals surface area contributed by atoms with Gasteiger partial charge in [0.1, 0.15) is 17.7 Å². The van der Waals surface area contributed by atoms with Crippen LogP contribution >= 0.6 is 11.6 Å². The number of amides is 2. The van der Waals surface area contributed by atoms with E-state index in [0.717, 1.165) is 43.2 Å². The van der Waals surface area contributed by atoms with Crippen LogP contribution in [0.3, 0.4) is 0 Å². The minimum atomic E-state index is -1.08. The average Bonchev–Trinajstić information content (AvgIpc) is 2.76. The second-order valence-corrected chi connectivity index (χ2v) is 8.18. The van der Waals surface area contributed by atoms with Gasteiger partial charge in [-0.2, -0.15) is 0 Å². The SMILES string of the molecule is Cc1ccc(CN(C(=O)CCl)C(C(=O)NC2CCCCC2)c2ccccc2F)cc1. The van der Waals surface area contributed by atoms with E-state index < -0.39 is 17.8 Å². The molecule has 3 rings (SSSR count). The zero-order valence-electron chi connectivity index (χ0n) is 17.2. The first-order valence-electron chi connectivity index (χ1n) is 10.5. The number of nitrogens with zero attached hydrogens (tertiary/aromatic N) is 1. The van der Waals surface area contributed by atoms with Crippen LogP contribution in [0.1, 0.15) is 54.8 Å².